The van der Waals surface area contributed by atoms with Gasteiger partial charge in [0, 0.05) is 43.1 Å². The molecule has 0 radical (unpaired) electrons. The summed E-state index contributed by atoms with van der Waals surface area (Å²) in [5, 5.41) is 1.40. The monoisotopic (exact) mass is 541 g/mol. The molecule has 6 rings (SSSR count). The number of carbonyl (C=O) groups is 1. The lowest BCUT2D eigenvalue weighted by Crippen LogP contribution is -2.37. The lowest BCUT2D eigenvalue weighted by Gasteiger charge is -2.29. The van der Waals surface area contributed by atoms with Gasteiger partial charge in [-0.1, -0.05) is 0 Å². The maximum Gasteiger partial charge on any atom is 0.343 e. The van der Waals surface area contributed by atoms with Crippen molar-refractivity contribution < 1.29 is 18.7 Å². The van der Waals surface area contributed by atoms with Crippen LogP contribution < -0.4 is 24.9 Å². The fourth-order valence-corrected chi connectivity index (χ4v) is 5.21. The highest BCUT2D eigenvalue weighted by atomic mass is 16.5. The van der Waals surface area contributed by atoms with Gasteiger partial charge in [-0.2, -0.15) is 0 Å². The van der Waals surface area contributed by atoms with Gasteiger partial charge in [0.05, 0.1) is 25.9 Å². The van der Waals surface area contributed by atoms with E-state index in [0.717, 1.165) is 66.3 Å². The first kappa shape index (κ1) is 27.3. The Balaban J connectivity index is 0.000000207. The SMILES string of the molecule is COc1ccc2c(=O)occc2c1.COc1ccc2c(c1)CCN(c1ccc(N3CCCN(C)CC3)cc1)C2=O. The molecule has 3 aromatic carbocycles. The normalized spacial score (nSPS) is 15.6. The quantitative estimate of drug-likeness (QED) is 0.366. The molecule has 4 aromatic rings. The fraction of sp³-hybridized carbons (Fsp3) is 0.312. The highest BCUT2D eigenvalue weighted by Gasteiger charge is 2.26. The van der Waals surface area contributed by atoms with Gasteiger partial charge in [0.1, 0.15) is 11.5 Å². The number of hydrogen-bond donors (Lipinski definition) is 0. The minimum Gasteiger partial charge on any atom is -0.497 e. The molecule has 2 aliphatic heterocycles. The van der Waals surface area contributed by atoms with E-state index >= 15 is 0 Å². The molecule has 0 N–H and O–H groups in total. The van der Waals surface area contributed by atoms with E-state index in [0.29, 0.717) is 11.9 Å². The van der Waals surface area contributed by atoms with Crippen molar-refractivity contribution in [2.24, 2.45) is 0 Å². The molecule has 1 saturated heterocycles. The summed E-state index contributed by atoms with van der Waals surface area (Å²) >= 11 is 0. The summed E-state index contributed by atoms with van der Waals surface area (Å²) < 4.78 is 15.0. The second-order valence-electron chi connectivity index (χ2n) is 10.1. The largest absolute Gasteiger partial charge is 0.497 e. The van der Waals surface area contributed by atoms with Gasteiger partial charge in [-0.3, -0.25) is 4.79 Å². The predicted octanol–water partition coefficient (Wildman–Crippen LogP) is 4.84. The molecule has 208 valence electrons. The van der Waals surface area contributed by atoms with Crippen LogP contribution in [0.4, 0.5) is 11.4 Å². The zero-order valence-electron chi connectivity index (χ0n) is 23.3. The maximum absolute atomic E-state index is 13.0. The molecule has 8 nitrogen and oxygen atoms in total. The fourth-order valence-electron chi connectivity index (χ4n) is 5.21. The van der Waals surface area contributed by atoms with E-state index in [-0.39, 0.29) is 11.5 Å². The molecule has 1 aromatic heterocycles. The number of ether oxygens (including phenoxy) is 2. The molecule has 2 aliphatic rings. The number of methoxy groups -OCH3 is 2. The first-order valence-corrected chi connectivity index (χ1v) is 13.5. The molecule has 1 fully saturated rings. The van der Waals surface area contributed by atoms with Crippen LogP contribution in [0.25, 0.3) is 10.8 Å². The van der Waals surface area contributed by atoms with Gasteiger partial charge in [-0.05, 0) is 104 Å². The third-order valence-corrected chi connectivity index (χ3v) is 7.54. The van der Waals surface area contributed by atoms with Crippen molar-refractivity contribution in [1.29, 1.82) is 0 Å². The standard InChI is InChI=1S/C22H27N3O2.C10H8O3/c1-23-11-3-12-24(15-14-23)18-4-6-19(7-5-18)25-13-10-17-16-20(27-2)8-9-21(17)22(25)26;1-12-8-2-3-9-7(6-8)4-5-13-10(9)11/h4-9,16H,3,10-15H2,1-2H3;2-6H,1H3. The minimum atomic E-state index is -0.319. The van der Waals surface area contributed by atoms with Gasteiger partial charge in [-0.25, -0.2) is 4.79 Å². The summed E-state index contributed by atoms with van der Waals surface area (Å²) in [5.74, 6) is 1.61. The minimum absolute atomic E-state index is 0.0723. The third-order valence-electron chi connectivity index (χ3n) is 7.54. The third kappa shape index (κ3) is 5.97. The number of likely N-dealkylation sites (N-methyl/N-ethyl adjacent to an activating group) is 1. The van der Waals surface area contributed by atoms with E-state index in [2.05, 4.69) is 41.1 Å². The molecule has 0 unspecified atom stereocenters. The van der Waals surface area contributed by atoms with Crippen molar-refractivity contribution in [3.8, 4) is 11.5 Å². The molecule has 0 spiro atoms. The molecule has 8 heteroatoms. The Labute approximate surface area is 234 Å². The first-order chi connectivity index (χ1) is 19.5. The summed E-state index contributed by atoms with van der Waals surface area (Å²) in [6.07, 6.45) is 3.41. The van der Waals surface area contributed by atoms with Crippen LogP contribution in [0.1, 0.15) is 22.3 Å². The molecule has 40 heavy (non-hydrogen) atoms. The predicted molar refractivity (Wildman–Crippen MR) is 158 cm³/mol. The van der Waals surface area contributed by atoms with Crippen LogP contribution in [0.15, 0.2) is 82.2 Å². The van der Waals surface area contributed by atoms with Gasteiger partial charge in [0.15, 0.2) is 0 Å². The molecular formula is C32H35N3O5. The molecule has 0 bridgehead atoms. The second-order valence-corrected chi connectivity index (χ2v) is 10.1. The number of anilines is 2. The summed E-state index contributed by atoms with van der Waals surface area (Å²) in [7, 11) is 5.43. The van der Waals surface area contributed by atoms with Crippen LogP contribution in [0.2, 0.25) is 0 Å². The molecule has 0 atom stereocenters. The van der Waals surface area contributed by atoms with Crippen molar-refractivity contribution in [2.75, 3.05) is 63.8 Å². The Hall–Kier alpha value is -4.30. The van der Waals surface area contributed by atoms with E-state index in [1.54, 1.807) is 38.5 Å². The van der Waals surface area contributed by atoms with Crippen LogP contribution in [0, 0.1) is 0 Å². The van der Waals surface area contributed by atoms with Gasteiger partial charge >= 0.3 is 5.63 Å². The van der Waals surface area contributed by atoms with Crippen LogP contribution in [-0.2, 0) is 6.42 Å². The Morgan fingerprint density at radius 1 is 0.750 bits per heavy atom. The number of benzene rings is 3. The lowest BCUT2D eigenvalue weighted by atomic mass is 9.98. The van der Waals surface area contributed by atoms with Crippen molar-refractivity contribution in [2.45, 2.75) is 12.8 Å². The molecule has 3 heterocycles. The van der Waals surface area contributed by atoms with Crippen LogP contribution in [-0.4, -0.2) is 64.8 Å². The van der Waals surface area contributed by atoms with Gasteiger partial charge < -0.3 is 28.6 Å². The lowest BCUT2D eigenvalue weighted by molar-refractivity contribution is 0.0980. The Bertz CT molecular complexity index is 1530. The van der Waals surface area contributed by atoms with E-state index in [9.17, 15) is 9.59 Å². The summed E-state index contributed by atoms with van der Waals surface area (Å²) in [5.41, 5.74) is 3.74. The molecule has 0 aliphatic carbocycles. The van der Waals surface area contributed by atoms with Crippen molar-refractivity contribution in [1.82, 2.24) is 4.90 Å². The van der Waals surface area contributed by atoms with E-state index < -0.39 is 0 Å². The van der Waals surface area contributed by atoms with Crippen molar-refractivity contribution >= 4 is 28.1 Å². The number of fused-ring (bicyclic) bond motifs is 2. The number of carbonyl (C=O) groups excluding carboxylic acids is 1. The van der Waals surface area contributed by atoms with Crippen molar-refractivity contribution in [3.05, 3.63) is 94.5 Å². The van der Waals surface area contributed by atoms with Gasteiger partial charge in [0.25, 0.3) is 5.91 Å². The Morgan fingerprint density at radius 3 is 2.25 bits per heavy atom. The Kier molecular flexibility index (Phi) is 8.36. The number of amides is 1. The molecule has 1 amide bonds. The molecular weight excluding hydrogens is 506 g/mol. The van der Waals surface area contributed by atoms with Crippen LogP contribution in [0.5, 0.6) is 11.5 Å². The van der Waals surface area contributed by atoms with Gasteiger partial charge in [0.2, 0.25) is 0 Å². The number of nitrogens with zero attached hydrogens (tertiary/aromatic N) is 3. The average molecular weight is 542 g/mol. The first-order valence-electron chi connectivity index (χ1n) is 13.5. The highest BCUT2D eigenvalue weighted by Crippen LogP contribution is 2.29. The summed E-state index contributed by atoms with van der Waals surface area (Å²) in [6, 6.07) is 21.1. The smallest absolute Gasteiger partial charge is 0.343 e. The average Bonchev–Trinajstić information content (AvgIpc) is 3.22. The zero-order chi connectivity index (χ0) is 28.1. The second kappa shape index (κ2) is 12.3. The van der Waals surface area contributed by atoms with Gasteiger partial charge in [-0.15, -0.1) is 0 Å². The molecule has 0 saturated carbocycles. The van der Waals surface area contributed by atoms with E-state index in [1.807, 2.05) is 23.1 Å². The zero-order valence-corrected chi connectivity index (χ0v) is 23.3. The van der Waals surface area contributed by atoms with Crippen LogP contribution >= 0.6 is 0 Å². The summed E-state index contributed by atoms with van der Waals surface area (Å²) in [4.78, 5) is 30.8. The highest BCUT2D eigenvalue weighted by molar-refractivity contribution is 6.08. The van der Waals surface area contributed by atoms with Crippen molar-refractivity contribution in [3.63, 3.8) is 0 Å². The number of rotatable bonds is 4. The van der Waals surface area contributed by atoms with Crippen LogP contribution in [0.3, 0.4) is 0 Å². The summed E-state index contributed by atoms with van der Waals surface area (Å²) in [6.45, 7) is 5.08. The maximum atomic E-state index is 13.0. The number of hydrogen-bond acceptors (Lipinski definition) is 7. The van der Waals surface area contributed by atoms with E-state index in [1.165, 1.54) is 18.4 Å². The Morgan fingerprint density at radius 2 is 1.48 bits per heavy atom. The topological polar surface area (TPSA) is 75.5 Å². The van der Waals surface area contributed by atoms with E-state index in [4.69, 9.17) is 13.9 Å².